The molecule has 0 unspecified atom stereocenters. The minimum absolute atomic E-state index is 0.374. The van der Waals surface area contributed by atoms with Crippen molar-refractivity contribution in [2.24, 2.45) is 5.41 Å². The fraction of sp³-hybridized carbons (Fsp3) is 0.667. The summed E-state index contributed by atoms with van der Waals surface area (Å²) in [6.45, 7) is 5.00. The SMILES string of the molecule is CC(C)(C)C(=O)C=S(=O)=O. The first-order valence-corrected chi connectivity index (χ1v) is 3.95. The normalized spacial score (nSPS) is 10.7. The summed E-state index contributed by atoms with van der Waals surface area (Å²) in [6, 6.07) is 0. The zero-order valence-corrected chi connectivity index (χ0v) is 7.03. The first kappa shape index (κ1) is 9.36. The topological polar surface area (TPSA) is 51.2 Å². The fourth-order valence-corrected chi connectivity index (χ4v) is 0.793. The van der Waals surface area contributed by atoms with Crippen LogP contribution >= 0.6 is 0 Å². The molecule has 0 fully saturated rings. The zero-order chi connectivity index (χ0) is 8.36. The van der Waals surface area contributed by atoms with Crippen molar-refractivity contribution < 1.29 is 13.2 Å². The van der Waals surface area contributed by atoms with Crippen LogP contribution < -0.4 is 0 Å². The van der Waals surface area contributed by atoms with E-state index < -0.39 is 15.7 Å². The van der Waals surface area contributed by atoms with Crippen molar-refractivity contribution in [2.75, 3.05) is 0 Å². The molecule has 0 aliphatic heterocycles. The lowest BCUT2D eigenvalue weighted by Gasteiger charge is -2.11. The van der Waals surface area contributed by atoms with Gasteiger partial charge in [-0.15, -0.1) is 0 Å². The molecular formula is C6H10O3S. The Morgan fingerprint density at radius 3 is 1.80 bits per heavy atom. The Morgan fingerprint density at radius 2 is 1.70 bits per heavy atom. The lowest BCUT2D eigenvalue weighted by atomic mass is 9.92. The van der Waals surface area contributed by atoms with E-state index in [1.807, 2.05) is 0 Å². The predicted molar refractivity (Wildman–Crippen MR) is 39.4 cm³/mol. The predicted octanol–water partition coefficient (Wildman–Crippen LogP) is 0.283. The van der Waals surface area contributed by atoms with Crippen molar-refractivity contribution in [3.8, 4) is 0 Å². The largest absolute Gasteiger partial charge is 0.293 e. The van der Waals surface area contributed by atoms with E-state index >= 15 is 0 Å². The summed E-state index contributed by atoms with van der Waals surface area (Å²) in [4.78, 5) is 10.8. The Balaban J connectivity index is 4.58. The molecule has 0 aliphatic rings. The van der Waals surface area contributed by atoms with E-state index in [1.165, 1.54) is 0 Å². The molecule has 0 saturated heterocycles. The van der Waals surface area contributed by atoms with Gasteiger partial charge in [0.1, 0.15) is 5.37 Å². The van der Waals surface area contributed by atoms with E-state index in [4.69, 9.17) is 0 Å². The van der Waals surface area contributed by atoms with Crippen LogP contribution in [-0.2, 0) is 15.1 Å². The maximum Gasteiger partial charge on any atom is 0.217 e. The molecule has 0 N–H and O–H groups in total. The number of Topliss-reactive ketones (excluding diaryl/α,β-unsaturated/α-hetero) is 1. The second kappa shape index (κ2) is 2.96. The molecule has 0 aliphatic carbocycles. The van der Waals surface area contributed by atoms with Crippen molar-refractivity contribution in [1.29, 1.82) is 0 Å². The number of hydrogen-bond acceptors (Lipinski definition) is 3. The minimum Gasteiger partial charge on any atom is -0.293 e. The molecule has 0 aromatic carbocycles. The monoisotopic (exact) mass is 162 g/mol. The standard InChI is InChI=1S/C6H10O3S/c1-6(2,3)5(7)4-10(8)9/h4H,1-3H3. The van der Waals surface area contributed by atoms with E-state index in [0.29, 0.717) is 5.37 Å². The molecule has 4 heteroatoms. The van der Waals surface area contributed by atoms with Crippen LogP contribution in [-0.4, -0.2) is 19.6 Å². The quantitative estimate of drug-likeness (QED) is 0.520. The third kappa shape index (κ3) is 3.40. The average Bonchev–Trinajstić information content (AvgIpc) is 1.60. The molecule has 0 aromatic rings. The number of ketones is 1. The highest BCUT2D eigenvalue weighted by molar-refractivity contribution is 7.73. The Kier molecular flexibility index (Phi) is 2.77. The van der Waals surface area contributed by atoms with E-state index in [2.05, 4.69) is 0 Å². The molecule has 58 valence electrons. The van der Waals surface area contributed by atoms with Gasteiger partial charge in [-0.3, -0.25) is 4.79 Å². The van der Waals surface area contributed by atoms with Gasteiger partial charge in [0.15, 0.2) is 5.78 Å². The molecule has 0 bridgehead atoms. The van der Waals surface area contributed by atoms with E-state index in [1.54, 1.807) is 20.8 Å². The van der Waals surface area contributed by atoms with Gasteiger partial charge in [0, 0.05) is 5.41 Å². The highest BCUT2D eigenvalue weighted by Crippen LogP contribution is 2.12. The van der Waals surface area contributed by atoms with Crippen molar-refractivity contribution in [3.63, 3.8) is 0 Å². The van der Waals surface area contributed by atoms with Crippen molar-refractivity contribution >= 4 is 21.4 Å². The molecule has 0 spiro atoms. The summed E-state index contributed by atoms with van der Waals surface area (Å²) >= 11 is 0. The number of carbonyl (C=O) groups excluding carboxylic acids is 1. The van der Waals surface area contributed by atoms with Crippen LogP contribution in [0.3, 0.4) is 0 Å². The molecule has 0 aromatic heterocycles. The van der Waals surface area contributed by atoms with Crippen LogP contribution in [0.15, 0.2) is 0 Å². The highest BCUT2D eigenvalue weighted by Gasteiger charge is 2.18. The van der Waals surface area contributed by atoms with Crippen molar-refractivity contribution in [1.82, 2.24) is 0 Å². The second-order valence-corrected chi connectivity index (χ2v) is 3.75. The van der Waals surface area contributed by atoms with Gasteiger partial charge in [-0.2, -0.15) is 8.42 Å². The van der Waals surface area contributed by atoms with Gasteiger partial charge >= 0.3 is 0 Å². The van der Waals surface area contributed by atoms with Crippen LogP contribution in [0.4, 0.5) is 0 Å². The summed E-state index contributed by atoms with van der Waals surface area (Å²) in [5.41, 5.74) is -0.597. The second-order valence-electron chi connectivity index (χ2n) is 2.99. The third-order valence-corrected chi connectivity index (χ3v) is 1.35. The molecule has 0 atom stereocenters. The molecule has 10 heavy (non-hydrogen) atoms. The van der Waals surface area contributed by atoms with E-state index in [-0.39, 0.29) is 5.78 Å². The summed E-state index contributed by atoms with van der Waals surface area (Å²) in [6.07, 6.45) is 0. The molecule has 0 heterocycles. The fourth-order valence-electron chi connectivity index (χ4n) is 0.264. The summed E-state index contributed by atoms with van der Waals surface area (Å²) < 4.78 is 20.0. The summed E-state index contributed by atoms with van der Waals surface area (Å²) in [5, 5.41) is 0.694. The van der Waals surface area contributed by atoms with E-state index in [9.17, 15) is 13.2 Å². The van der Waals surface area contributed by atoms with Gasteiger partial charge in [-0.25, -0.2) is 0 Å². The number of rotatable bonds is 1. The highest BCUT2D eigenvalue weighted by atomic mass is 32.2. The minimum atomic E-state index is -2.37. The Labute approximate surface area is 61.6 Å². The van der Waals surface area contributed by atoms with Gasteiger partial charge in [-0.05, 0) is 0 Å². The van der Waals surface area contributed by atoms with Crippen LogP contribution in [0, 0.1) is 5.41 Å². The van der Waals surface area contributed by atoms with Crippen molar-refractivity contribution in [2.45, 2.75) is 20.8 Å². The van der Waals surface area contributed by atoms with E-state index in [0.717, 1.165) is 0 Å². The molecule has 0 radical (unpaired) electrons. The Bertz CT molecular complexity index is 245. The van der Waals surface area contributed by atoms with Gasteiger partial charge in [-0.1, -0.05) is 20.8 Å². The molecule has 0 rings (SSSR count). The molecule has 0 saturated carbocycles. The first-order chi connectivity index (χ1) is 4.34. The zero-order valence-electron chi connectivity index (χ0n) is 6.21. The van der Waals surface area contributed by atoms with Gasteiger partial charge < -0.3 is 0 Å². The lowest BCUT2D eigenvalue weighted by molar-refractivity contribution is -0.118. The summed E-state index contributed by atoms with van der Waals surface area (Å²) in [7, 11) is -2.37. The van der Waals surface area contributed by atoms with Gasteiger partial charge in [0.25, 0.3) is 0 Å². The smallest absolute Gasteiger partial charge is 0.217 e. The van der Waals surface area contributed by atoms with Gasteiger partial charge in [0.05, 0.1) is 0 Å². The molecular weight excluding hydrogens is 152 g/mol. The van der Waals surface area contributed by atoms with Gasteiger partial charge in [0.2, 0.25) is 10.3 Å². The molecule has 0 amide bonds. The first-order valence-electron chi connectivity index (χ1n) is 2.81. The van der Waals surface area contributed by atoms with Crippen molar-refractivity contribution in [3.05, 3.63) is 0 Å². The summed E-state index contributed by atoms with van der Waals surface area (Å²) in [5.74, 6) is -0.374. The Morgan fingerprint density at radius 1 is 1.30 bits per heavy atom. The van der Waals surface area contributed by atoms with Crippen LogP contribution in [0.5, 0.6) is 0 Å². The lowest BCUT2D eigenvalue weighted by Crippen LogP contribution is -2.21. The van der Waals surface area contributed by atoms with Crippen LogP contribution in [0.2, 0.25) is 0 Å². The Hall–Kier alpha value is -0.640. The molecule has 3 nitrogen and oxygen atoms in total. The maximum absolute atomic E-state index is 10.8. The maximum atomic E-state index is 10.8. The average molecular weight is 162 g/mol. The van der Waals surface area contributed by atoms with Crippen LogP contribution in [0.1, 0.15) is 20.8 Å². The third-order valence-electron chi connectivity index (χ3n) is 0.942. The number of hydrogen-bond donors (Lipinski definition) is 0. The van der Waals surface area contributed by atoms with Crippen LogP contribution in [0.25, 0.3) is 0 Å². The number of carbonyl (C=O) groups is 1.